The summed E-state index contributed by atoms with van der Waals surface area (Å²) < 4.78 is 21.1. The van der Waals surface area contributed by atoms with Gasteiger partial charge in [-0.2, -0.15) is 5.10 Å². The summed E-state index contributed by atoms with van der Waals surface area (Å²) in [5, 5.41) is 9.26. The van der Waals surface area contributed by atoms with Gasteiger partial charge in [-0.3, -0.25) is 14.4 Å². The molecule has 200 valence electrons. The summed E-state index contributed by atoms with van der Waals surface area (Å²) in [5.41, 5.74) is 3.98. The van der Waals surface area contributed by atoms with Gasteiger partial charge in [0.25, 0.3) is 5.91 Å². The monoisotopic (exact) mass is 522 g/mol. The predicted molar refractivity (Wildman–Crippen MR) is 139 cm³/mol. The highest BCUT2D eigenvalue weighted by Crippen LogP contribution is 2.27. The van der Waals surface area contributed by atoms with E-state index in [9.17, 15) is 14.4 Å². The SMILES string of the molecule is COc1ccc(CCNC(=O)CC(=O)N/N=C/c2ccc(OCC(=O)NCc3ccco3)cc2)cc1OC. The Bertz CT molecular complexity index is 1220. The molecular formula is C27H30N4O7. The molecule has 0 spiro atoms. The smallest absolute Gasteiger partial charge is 0.258 e. The Balaban J connectivity index is 1.32. The number of ether oxygens (including phenoxy) is 3. The van der Waals surface area contributed by atoms with Crippen LogP contribution >= 0.6 is 0 Å². The van der Waals surface area contributed by atoms with Gasteiger partial charge in [0.05, 0.1) is 33.2 Å². The lowest BCUT2D eigenvalue weighted by Gasteiger charge is -2.10. The third-order valence-electron chi connectivity index (χ3n) is 5.20. The second kappa shape index (κ2) is 14.7. The highest BCUT2D eigenvalue weighted by atomic mass is 16.5. The minimum absolute atomic E-state index is 0.138. The quantitative estimate of drug-likeness (QED) is 0.167. The molecule has 0 aliphatic carbocycles. The number of hydrogen-bond donors (Lipinski definition) is 3. The number of carbonyl (C=O) groups excluding carboxylic acids is 3. The van der Waals surface area contributed by atoms with Gasteiger partial charge in [0.1, 0.15) is 17.9 Å². The molecule has 3 amide bonds. The van der Waals surface area contributed by atoms with E-state index in [4.69, 9.17) is 18.6 Å². The van der Waals surface area contributed by atoms with E-state index >= 15 is 0 Å². The van der Waals surface area contributed by atoms with E-state index < -0.39 is 11.8 Å². The highest BCUT2D eigenvalue weighted by molar-refractivity contribution is 5.97. The molecule has 11 nitrogen and oxygen atoms in total. The maximum atomic E-state index is 12.0. The maximum absolute atomic E-state index is 12.0. The zero-order valence-electron chi connectivity index (χ0n) is 21.2. The number of rotatable bonds is 14. The molecule has 0 unspecified atom stereocenters. The van der Waals surface area contributed by atoms with Gasteiger partial charge >= 0.3 is 0 Å². The Labute approximate surface area is 220 Å². The Morgan fingerprint density at radius 1 is 0.921 bits per heavy atom. The van der Waals surface area contributed by atoms with Crippen molar-refractivity contribution in [2.45, 2.75) is 19.4 Å². The highest BCUT2D eigenvalue weighted by Gasteiger charge is 2.09. The molecule has 0 bridgehead atoms. The van der Waals surface area contributed by atoms with Crippen molar-refractivity contribution in [3.05, 3.63) is 77.7 Å². The van der Waals surface area contributed by atoms with Crippen molar-refractivity contribution in [3.63, 3.8) is 0 Å². The van der Waals surface area contributed by atoms with E-state index in [-0.39, 0.29) is 25.5 Å². The third-order valence-corrected chi connectivity index (χ3v) is 5.20. The van der Waals surface area contributed by atoms with Crippen LogP contribution in [-0.4, -0.2) is 51.3 Å². The lowest BCUT2D eigenvalue weighted by atomic mass is 10.1. The second-order valence-electron chi connectivity index (χ2n) is 7.97. The molecule has 38 heavy (non-hydrogen) atoms. The van der Waals surface area contributed by atoms with Crippen molar-refractivity contribution in [1.82, 2.24) is 16.1 Å². The van der Waals surface area contributed by atoms with Crippen LogP contribution in [0, 0.1) is 0 Å². The summed E-state index contributed by atoms with van der Waals surface area (Å²) >= 11 is 0. The fourth-order valence-corrected chi connectivity index (χ4v) is 3.26. The Hall–Kier alpha value is -4.80. The molecule has 1 aromatic heterocycles. The first kappa shape index (κ1) is 27.8. The number of furan rings is 1. The van der Waals surface area contributed by atoms with Gasteiger partial charge in [0.2, 0.25) is 11.8 Å². The van der Waals surface area contributed by atoms with Crippen LogP contribution in [0.25, 0.3) is 0 Å². The normalized spacial score (nSPS) is 10.6. The number of nitrogens with zero attached hydrogens (tertiary/aromatic N) is 1. The van der Waals surface area contributed by atoms with Crippen molar-refractivity contribution in [2.24, 2.45) is 5.10 Å². The fourth-order valence-electron chi connectivity index (χ4n) is 3.26. The molecule has 0 aliphatic rings. The summed E-state index contributed by atoms with van der Waals surface area (Å²) in [7, 11) is 3.12. The van der Waals surface area contributed by atoms with Gasteiger partial charge in [-0.25, -0.2) is 5.43 Å². The van der Waals surface area contributed by atoms with Crippen LogP contribution in [0.2, 0.25) is 0 Å². The topological polar surface area (TPSA) is 140 Å². The van der Waals surface area contributed by atoms with Crippen molar-refractivity contribution < 1.29 is 33.0 Å². The van der Waals surface area contributed by atoms with Gasteiger partial charge in [-0.15, -0.1) is 0 Å². The number of methoxy groups -OCH3 is 2. The second-order valence-corrected chi connectivity index (χ2v) is 7.97. The fraction of sp³-hybridized carbons (Fsp3) is 0.259. The van der Waals surface area contributed by atoms with Crippen LogP contribution in [0.1, 0.15) is 23.3 Å². The molecule has 11 heteroatoms. The molecule has 0 aliphatic heterocycles. The number of benzene rings is 2. The Morgan fingerprint density at radius 2 is 1.71 bits per heavy atom. The average molecular weight is 523 g/mol. The molecule has 3 N–H and O–H groups in total. The standard InChI is InChI=1S/C27H30N4O7/c1-35-23-10-7-19(14-24(23)36-2)11-12-28-25(32)15-26(33)31-30-16-20-5-8-21(9-6-20)38-18-27(34)29-17-22-4-3-13-37-22/h3-10,13-14,16H,11-12,15,17-18H2,1-2H3,(H,28,32)(H,29,34)(H,31,33)/b30-16+. The molecule has 1 heterocycles. The summed E-state index contributed by atoms with van der Waals surface area (Å²) in [6.07, 6.45) is 3.20. The molecule has 2 aromatic carbocycles. The van der Waals surface area contributed by atoms with Crippen molar-refractivity contribution in [2.75, 3.05) is 27.4 Å². The lowest BCUT2D eigenvalue weighted by molar-refractivity contribution is -0.129. The molecule has 0 atom stereocenters. The Kier molecular flexibility index (Phi) is 10.7. The first-order valence-electron chi connectivity index (χ1n) is 11.8. The van der Waals surface area contributed by atoms with Crippen LogP contribution in [0.15, 0.2) is 70.4 Å². The number of nitrogens with one attached hydrogen (secondary N) is 3. The van der Waals surface area contributed by atoms with Crippen LogP contribution in [0.4, 0.5) is 0 Å². The van der Waals surface area contributed by atoms with Crippen molar-refractivity contribution in [1.29, 1.82) is 0 Å². The predicted octanol–water partition coefficient (Wildman–Crippen LogP) is 2.19. The summed E-state index contributed by atoms with van der Waals surface area (Å²) in [6, 6.07) is 15.8. The zero-order valence-corrected chi connectivity index (χ0v) is 21.2. The number of carbonyl (C=O) groups is 3. The maximum Gasteiger partial charge on any atom is 0.258 e. The van der Waals surface area contributed by atoms with E-state index in [0.29, 0.717) is 41.5 Å². The van der Waals surface area contributed by atoms with E-state index in [0.717, 1.165) is 5.56 Å². The lowest BCUT2D eigenvalue weighted by Crippen LogP contribution is -2.31. The first-order valence-corrected chi connectivity index (χ1v) is 11.8. The zero-order chi connectivity index (χ0) is 27.2. The molecule has 3 aromatic rings. The number of hydrogen-bond acceptors (Lipinski definition) is 8. The van der Waals surface area contributed by atoms with E-state index in [1.165, 1.54) is 12.5 Å². The summed E-state index contributed by atoms with van der Waals surface area (Å²) in [4.78, 5) is 35.9. The van der Waals surface area contributed by atoms with Gasteiger partial charge in [-0.05, 0) is 66.1 Å². The molecule has 0 saturated carbocycles. The molecule has 3 rings (SSSR count). The van der Waals surface area contributed by atoms with Gasteiger partial charge < -0.3 is 29.3 Å². The summed E-state index contributed by atoms with van der Waals surface area (Å²) in [5.74, 6) is 1.17. The minimum Gasteiger partial charge on any atom is -0.493 e. The van der Waals surface area contributed by atoms with Crippen molar-refractivity contribution >= 4 is 23.9 Å². The van der Waals surface area contributed by atoms with Crippen molar-refractivity contribution in [3.8, 4) is 17.2 Å². The largest absolute Gasteiger partial charge is 0.493 e. The minimum atomic E-state index is -0.537. The summed E-state index contributed by atoms with van der Waals surface area (Å²) in [6.45, 7) is 0.517. The number of hydrazone groups is 1. The van der Waals surface area contributed by atoms with Crippen LogP contribution in [0.3, 0.4) is 0 Å². The number of amides is 3. The molecule has 0 saturated heterocycles. The first-order chi connectivity index (χ1) is 18.5. The van der Waals surface area contributed by atoms with E-state index in [2.05, 4.69) is 21.2 Å². The average Bonchev–Trinajstić information content (AvgIpc) is 3.45. The van der Waals surface area contributed by atoms with Gasteiger partial charge in [-0.1, -0.05) is 6.07 Å². The molecule has 0 fully saturated rings. The van der Waals surface area contributed by atoms with E-state index in [1.807, 2.05) is 12.1 Å². The Morgan fingerprint density at radius 3 is 2.42 bits per heavy atom. The molecule has 0 radical (unpaired) electrons. The van der Waals surface area contributed by atoms with Gasteiger partial charge in [0.15, 0.2) is 18.1 Å². The third kappa shape index (κ3) is 9.34. The van der Waals surface area contributed by atoms with Crippen LogP contribution in [-0.2, 0) is 27.3 Å². The van der Waals surface area contributed by atoms with Gasteiger partial charge in [0, 0.05) is 6.54 Å². The molecular weight excluding hydrogens is 492 g/mol. The van der Waals surface area contributed by atoms with Crippen LogP contribution < -0.4 is 30.3 Å². The van der Waals surface area contributed by atoms with Crippen LogP contribution in [0.5, 0.6) is 17.2 Å². The van der Waals surface area contributed by atoms with E-state index in [1.54, 1.807) is 56.7 Å².